The quantitative estimate of drug-likeness (QED) is 0.786. The number of carbonyl (C=O) groups excluding carboxylic acids is 1. The van der Waals surface area contributed by atoms with Crippen molar-refractivity contribution in [3.8, 4) is 6.07 Å². The van der Waals surface area contributed by atoms with Crippen molar-refractivity contribution in [2.45, 2.75) is 13.0 Å². The predicted octanol–water partition coefficient (Wildman–Crippen LogP) is 2.62. The average molecular weight is 291 g/mol. The van der Waals surface area contributed by atoms with E-state index in [-0.39, 0.29) is 12.1 Å². The number of nitrogens with one attached hydrogen (secondary N) is 1. The van der Waals surface area contributed by atoms with Gasteiger partial charge in [0.15, 0.2) is 0 Å². The van der Waals surface area contributed by atoms with Crippen molar-refractivity contribution in [1.29, 1.82) is 5.26 Å². The van der Waals surface area contributed by atoms with Crippen molar-refractivity contribution in [3.05, 3.63) is 59.7 Å². The molecule has 1 N–H and O–H groups in total. The largest absolute Gasteiger partial charge is 0.344 e. The number of hydrogen-bond acceptors (Lipinski definition) is 4. The monoisotopic (exact) mass is 291 g/mol. The molecule has 6 heteroatoms. The van der Waals surface area contributed by atoms with Crippen LogP contribution in [0.3, 0.4) is 0 Å². The molecule has 0 aliphatic carbocycles. The fourth-order valence-electron chi connectivity index (χ4n) is 2.21. The number of nitrogens with zero attached hydrogens (tertiary/aromatic N) is 4. The van der Waals surface area contributed by atoms with Gasteiger partial charge >= 0.3 is 6.03 Å². The lowest BCUT2D eigenvalue weighted by Crippen LogP contribution is -2.31. The minimum Gasteiger partial charge on any atom is -0.330 e. The van der Waals surface area contributed by atoms with Crippen molar-refractivity contribution in [2.24, 2.45) is 0 Å². The lowest BCUT2D eigenvalue weighted by molar-refractivity contribution is 0.237. The molecule has 0 spiro atoms. The number of rotatable bonds is 2. The van der Waals surface area contributed by atoms with Crippen LogP contribution in [-0.4, -0.2) is 21.0 Å². The molecule has 1 amide bonds. The molecule has 22 heavy (non-hydrogen) atoms. The second-order valence-corrected chi connectivity index (χ2v) is 4.90. The highest BCUT2D eigenvalue weighted by molar-refractivity contribution is 5.88. The van der Waals surface area contributed by atoms with Gasteiger partial charge in [-0.2, -0.15) is 9.94 Å². The van der Waals surface area contributed by atoms with Gasteiger partial charge < -0.3 is 5.32 Å². The summed E-state index contributed by atoms with van der Waals surface area (Å²) in [5.41, 5.74) is 2.54. The van der Waals surface area contributed by atoms with Gasteiger partial charge in [0, 0.05) is 0 Å². The first kappa shape index (κ1) is 13.8. The van der Waals surface area contributed by atoms with Gasteiger partial charge in [-0.1, -0.05) is 35.5 Å². The van der Waals surface area contributed by atoms with Gasteiger partial charge in [-0.3, -0.25) is 0 Å². The van der Waals surface area contributed by atoms with Crippen molar-refractivity contribution in [3.63, 3.8) is 0 Å². The van der Waals surface area contributed by atoms with Crippen LogP contribution in [0.15, 0.2) is 48.5 Å². The van der Waals surface area contributed by atoms with Gasteiger partial charge in [-0.25, -0.2) is 4.79 Å². The molecule has 0 saturated carbocycles. The predicted molar refractivity (Wildman–Crippen MR) is 81.0 cm³/mol. The zero-order valence-corrected chi connectivity index (χ0v) is 11.9. The highest BCUT2D eigenvalue weighted by atomic mass is 16.2. The second-order valence-electron chi connectivity index (χ2n) is 4.90. The highest BCUT2D eigenvalue weighted by Crippen LogP contribution is 2.15. The molecule has 0 bridgehead atoms. The van der Waals surface area contributed by atoms with Crippen molar-refractivity contribution < 1.29 is 4.79 Å². The highest BCUT2D eigenvalue weighted by Gasteiger charge is 2.15. The summed E-state index contributed by atoms with van der Waals surface area (Å²) in [5, 5.41) is 19.6. The summed E-state index contributed by atoms with van der Waals surface area (Å²) in [4.78, 5) is 12.4. The molecule has 0 aliphatic rings. The van der Waals surface area contributed by atoms with Gasteiger partial charge in [0.05, 0.1) is 17.7 Å². The van der Waals surface area contributed by atoms with E-state index in [2.05, 4.69) is 15.6 Å². The number of amides is 1. The normalized spacial score (nSPS) is 11.8. The molecule has 0 unspecified atom stereocenters. The molecule has 1 heterocycles. The Kier molecular flexibility index (Phi) is 3.54. The van der Waals surface area contributed by atoms with Crippen LogP contribution in [0.5, 0.6) is 0 Å². The Morgan fingerprint density at radius 1 is 1.27 bits per heavy atom. The van der Waals surface area contributed by atoms with E-state index in [0.29, 0.717) is 16.6 Å². The first-order valence-electron chi connectivity index (χ1n) is 6.80. The zero-order valence-electron chi connectivity index (χ0n) is 11.9. The lowest BCUT2D eigenvalue weighted by Gasteiger charge is -2.13. The van der Waals surface area contributed by atoms with E-state index in [1.54, 1.807) is 18.2 Å². The average Bonchev–Trinajstić information content (AvgIpc) is 2.98. The molecule has 108 valence electrons. The molecule has 0 fully saturated rings. The molecule has 0 radical (unpaired) electrons. The Morgan fingerprint density at radius 3 is 2.77 bits per heavy atom. The Labute approximate surface area is 127 Å². The third-order valence-electron chi connectivity index (χ3n) is 3.41. The third kappa shape index (κ3) is 2.52. The number of aromatic nitrogens is 3. The lowest BCUT2D eigenvalue weighted by atomic mass is 10.1. The smallest absolute Gasteiger partial charge is 0.330 e. The summed E-state index contributed by atoms with van der Waals surface area (Å²) >= 11 is 0. The Hall–Kier alpha value is -3.20. The van der Waals surface area contributed by atoms with Crippen molar-refractivity contribution in [2.75, 3.05) is 0 Å². The van der Waals surface area contributed by atoms with Gasteiger partial charge in [0.25, 0.3) is 0 Å². The third-order valence-corrected chi connectivity index (χ3v) is 3.41. The first-order chi connectivity index (χ1) is 10.7. The molecule has 6 nitrogen and oxygen atoms in total. The molecule has 1 atom stereocenters. The number of benzene rings is 2. The summed E-state index contributed by atoms with van der Waals surface area (Å²) in [6.45, 7) is 1.90. The molecule has 0 saturated heterocycles. The van der Waals surface area contributed by atoms with Crippen LogP contribution in [0.4, 0.5) is 4.79 Å². The summed E-state index contributed by atoms with van der Waals surface area (Å²) in [7, 11) is 0. The zero-order chi connectivity index (χ0) is 15.5. The standard InChI is InChI=1S/C16H13N5O/c1-11(13-5-3-2-4-6-13)18-16(22)21-15-9-12(10-17)7-8-14(15)19-20-21/h2-9,11H,1H3,(H,18,22)/t11-/m0/s1. The SMILES string of the molecule is C[C@H](NC(=O)n1nnc2ccc(C#N)cc21)c1ccccc1. The number of hydrogen-bond donors (Lipinski definition) is 1. The van der Waals surface area contributed by atoms with E-state index in [1.807, 2.05) is 43.3 Å². The molecular weight excluding hydrogens is 278 g/mol. The molecule has 1 aromatic heterocycles. The van der Waals surface area contributed by atoms with Crippen LogP contribution in [-0.2, 0) is 0 Å². The molecule has 3 rings (SSSR count). The Morgan fingerprint density at radius 2 is 2.05 bits per heavy atom. The van der Waals surface area contributed by atoms with Crippen LogP contribution in [0.2, 0.25) is 0 Å². The summed E-state index contributed by atoms with van der Waals surface area (Å²) < 4.78 is 1.18. The summed E-state index contributed by atoms with van der Waals surface area (Å²) in [6, 6.07) is 16.1. The van der Waals surface area contributed by atoms with Gasteiger partial charge in [0.1, 0.15) is 11.0 Å². The maximum Gasteiger partial charge on any atom is 0.344 e. The minimum atomic E-state index is -0.381. The van der Waals surface area contributed by atoms with E-state index in [4.69, 9.17) is 5.26 Å². The minimum absolute atomic E-state index is 0.160. The van der Waals surface area contributed by atoms with Crippen LogP contribution >= 0.6 is 0 Å². The van der Waals surface area contributed by atoms with Crippen LogP contribution in [0.25, 0.3) is 11.0 Å². The fourth-order valence-corrected chi connectivity index (χ4v) is 2.21. The summed E-state index contributed by atoms with van der Waals surface area (Å²) in [5.74, 6) is 0. The number of carbonyl (C=O) groups is 1. The van der Waals surface area contributed by atoms with E-state index in [9.17, 15) is 4.79 Å². The Balaban J connectivity index is 1.88. The van der Waals surface area contributed by atoms with E-state index >= 15 is 0 Å². The van der Waals surface area contributed by atoms with E-state index in [0.717, 1.165) is 5.56 Å². The summed E-state index contributed by atoms with van der Waals surface area (Å²) in [6.07, 6.45) is 0. The Bertz CT molecular complexity index is 863. The van der Waals surface area contributed by atoms with Crippen LogP contribution in [0.1, 0.15) is 24.1 Å². The van der Waals surface area contributed by atoms with Crippen LogP contribution in [0, 0.1) is 11.3 Å². The van der Waals surface area contributed by atoms with Crippen molar-refractivity contribution >= 4 is 17.1 Å². The molecular formula is C16H13N5O. The van der Waals surface area contributed by atoms with Gasteiger partial charge in [0.2, 0.25) is 0 Å². The molecule has 0 aliphatic heterocycles. The molecule has 2 aromatic carbocycles. The number of fused-ring (bicyclic) bond motifs is 1. The topological polar surface area (TPSA) is 83.6 Å². The van der Waals surface area contributed by atoms with E-state index < -0.39 is 0 Å². The van der Waals surface area contributed by atoms with E-state index in [1.165, 1.54) is 4.68 Å². The van der Waals surface area contributed by atoms with Crippen molar-refractivity contribution in [1.82, 2.24) is 20.3 Å². The van der Waals surface area contributed by atoms with Gasteiger partial charge in [-0.15, -0.1) is 5.10 Å². The number of nitriles is 1. The second kappa shape index (κ2) is 5.66. The fraction of sp³-hybridized carbons (Fsp3) is 0.125. The maximum atomic E-state index is 12.4. The first-order valence-corrected chi connectivity index (χ1v) is 6.80. The molecule has 3 aromatic rings. The van der Waals surface area contributed by atoms with Crippen LogP contribution < -0.4 is 5.32 Å². The maximum absolute atomic E-state index is 12.4. The van der Waals surface area contributed by atoms with Gasteiger partial charge in [-0.05, 0) is 30.7 Å².